The Hall–Kier alpha value is -3.92. The molecule has 6 rings (SSSR count). The Morgan fingerprint density at radius 3 is 2.79 bits per heavy atom. The number of ether oxygens (including phenoxy) is 2. The van der Waals surface area contributed by atoms with Crippen molar-refractivity contribution in [3.63, 3.8) is 0 Å². The average molecular weight is 444 g/mol. The third kappa shape index (κ3) is 3.48. The van der Waals surface area contributed by atoms with Gasteiger partial charge in [-0.3, -0.25) is 9.36 Å². The van der Waals surface area contributed by atoms with Crippen molar-refractivity contribution in [1.82, 2.24) is 34.1 Å². The van der Waals surface area contributed by atoms with Crippen LogP contribution in [0.5, 0.6) is 5.75 Å². The van der Waals surface area contributed by atoms with Crippen LogP contribution in [0.2, 0.25) is 0 Å². The van der Waals surface area contributed by atoms with Crippen LogP contribution in [0.4, 0.5) is 11.6 Å². The van der Waals surface area contributed by atoms with Crippen molar-refractivity contribution in [2.45, 2.75) is 12.5 Å². The minimum absolute atomic E-state index is 0.0328. The Bertz CT molecular complexity index is 1470. The van der Waals surface area contributed by atoms with Crippen LogP contribution < -0.4 is 10.1 Å². The number of aryl methyl sites for hydroxylation is 3. The van der Waals surface area contributed by atoms with Gasteiger partial charge in [-0.1, -0.05) is 0 Å². The molecule has 1 saturated heterocycles. The molecule has 0 radical (unpaired) electrons. The van der Waals surface area contributed by atoms with Crippen LogP contribution in [-0.2, 0) is 25.9 Å². The summed E-state index contributed by atoms with van der Waals surface area (Å²) in [6.07, 6.45) is 4.69. The topological polar surface area (TPSA) is 96.8 Å². The molecule has 0 unspecified atom stereocenters. The molecule has 10 nitrogen and oxygen atoms in total. The molecule has 1 aliphatic heterocycles. The number of nitrogens with zero attached hydrogens (tertiary/aromatic N) is 7. The first-order chi connectivity index (χ1) is 16.0. The highest BCUT2D eigenvalue weighted by molar-refractivity contribution is 5.85. The van der Waals surface area contributed by atoms with E-state index in [-0.39, 0.29) is 6.10 Å². The molecule has 0 saturated carbocycles. The molecule has 5 aromatic heterocycles. The maximum absolute atomic E-state index is 6.24. The van der Waals surface area contributed by atoms with Gasteiger partial charge in [-0.05, 0) is 18.2 Å². The van der Waals surface area contributed by atoms with Crippen LogP contribution in [-0.4, -0.2) is 53.4 Å². The van der Waals surface area contributed by atoms with Gasteiger partial charge in [-0.15, -0.1) is 0 Å². The summed E-state index contributed by atoms with van der Waals surface area (Å²) < 4.78 is 17.2. The average Bonchev–Trinajstić information content (AvgIpc) is 3.59. The van der Waals surface area contributed by atoms with Crippen molar-refractivity contribution < 1.29 is 9.47 Å². The zero-order valence-corrected chi connectivity index (χ0v) is 18.7. The summed E-state index contributed by atoms with van der Waals surface area (Å²) in [4.78, 5) is 9.54. The quantitative estimate of drug-likeness (QED) is 0.445. The fourth-order valence-electron chi connectivity index (χ4n) is 4.15. The summed E-state index contributed by atoms with van der Waals surface area (Å²) in [5.41, 5.74) is 3.26. The summed E-state index contributed by atoms with van der Waals surface area (Å²) in [5.74, 6) is 2.19. The zero-order valence-electron chi connectivity index (χ0n) is 18.7. The second-order valence-electron chi connectivity index (χ2n) is 8.31. The molecule has 0 aromatic carbocycles. The van der Waals surface area contributed by atoms with Gasteiger partial charge in [-0.2, -0.15) is 10.2 Å². The lowest BCUT2D eigenvalue weighted by Gasteiger charge is -2.14. The number of hydrogen-bond acceptors (Lipinski definition) is 7. The molecular weight excluding hydrogens is 420 g/mol. The number of aromatic nitrogens is 7. The van der Waals surface area contributed by atoms with E-state index in [1.807, 2.05) is 50.1 Å². The molecule has 1 fully saturated rings. The van der Waals surface area contributed by atoms with Gasteiger partial charge in [0.05, 0.1) is 30.5 Å². The standard InChI is InChI=1S/C23H24N8O2/c1-29-8-6-14-4-5-17(25-22(14)29)18-10-21(30(2)28-18)26-20-11-19(33-15-7-9-32-13-15)16-12-24-31(3)23(16)27-20/h4-6,8,10-12,15H,7,9,13H2,1-3H3,(H,26,27)/t15-/m1/s1. The lowest BCUT2D eigenvalue weighted by atomic mass is 10.2. The maximum atomic E-state index is 6.24. The van der Waals surface area contributed by atoms with E-state index >= 15 is 0 Å². The molecule has 5 aromatic rings. The molecule has 0 aliphatic carbocycles. The van der Waals surface area contributed by atoms with Crippen LogP contribution in [0.1, 0.15) is 6.42 Å². The van der Waals surface area contributed by atoms with Crippen molar-refractivity contribution in [3.05, 3.63) is 42.7 Å². The predicted molar refractivity (Wildman–Crippen MR) is 125 cm³/mol. The normalized spacial score (nSPS) is 16.2. The predicted octanol–water partition coefficient (Wildman–Crippen LogP) is 3.17. The van der Waals surface area contributed by atoms with E-state index < -0.39 is 0 Å². The summed E-state index contributed by atoms with van der Waals surface area (Å²) in [6, 6.07) is 9.98. The van der Waals surface area contributed by atoms with Gasteiger partial charge >= 0.3 is 0 Å². The smallest absolute Gasteiger partial charge is 0.163 e. The Kier molecular flexibility index (Phi) is 4.54. The maximum Gasteiger partial charge on any atom is 0.163 e. The van der Waals surface area contributed by atoms with Gasteiger partial charge in [0.15, 0.2) is 5.65 Å². The first kappa shape index (κ1) is 19.7. The van der Waals surface area contributed by atoms with Gasteiger partial charge in [0.2, 0.25) is 0 Å². The van der Waals surface area contributed by atoms with Gasteiger partial charge in [-0.25, -0.2) is 9.97 Å². The van der Waals surface area contributed by atoms with Crippen LogP contribution in [0.3, 0.4) is 0 Å². The first-order valence-corrected chi connectivity index (χ1v) is 10.9. The summed E-state index contributed by atoms with van der Waals surface area (Å²) in [5, 5.41) is 14.4. The molecule has 6 heterocycles. The Balaban J connectivity index is 1.34. The molecule has 1 N–H and O–H groups in total. The molecule has 1 atom stereocenters. The molecule has 33 heavy (non-hydrogen) atoms. The van der Waals surface area contributed by atoms with Crippen molar-refractivity contribution in [2.75, 3.05) is 18.5 Å². The van der Waals surface area contributed by atoms with Gasteiger partial charge in [0.25, 0.3) is 0 Å². The molecular formula is C23H24N8O2. The van der Waals surface area contributed by atoms with E-state index in [9.17, 15) is 0 Å². The highest BCUT2D eigenvalue weighted by Crippen LogP contribution is 2.31. The fraction of sp³-hybridized carbons (Fsp3) is 0.304. The largest absolute Gasteiger partial charge is 0.487 e. The molecule has 168 valence electrons. The SMILES string of the molecule is Cn1nc(-c2ccc3ccn(C)c3n2)cc1Nc1cc(O[C@@H]2CCOC2)c2cnn(C)c2n1. The van der Waals surface area contributed by atoms with Gasteiger partial charge < -0.3 is 19.4 Å². The highest BCUT2D eigenvalue weighted by Gasteiger charge is 2.21. The van der Waals surface area contributed by atoms with E-state index in [1.54, 1.807) is 15.6 Å². The third-order valence-corrected chi connectivity index (χ3v) is 5.96. The Labute approximate surface area is 189 Å². The van der Waals surface area contributed by atoms with E-state index in [2.05, 4.69) is 27.6 Å². The summed E-state index contributed by atoms with van der Waals surface area (Å²) in [7, 11) is 5.75. The second-order valence-corrected chi connectivity index (χ2v) is 8.31. The second kappa shape index (κ2) is 7.59. The Morgan fingerprint density at radius 2 is 1.94 bits per heavy atom. The van der Waals surface area contributed by atoms with E-state index in [1.165, 1.54) is 0 Å². The monoisotopic (exact) mass is 444 g/mol. The Morgan fingerprint density at radius 1 is 1.03 bits per heavy atom. The molecule has 0 spiro atoms. The lowest BCUT2D eigenvalue weighted by molar-refractivity contribution is 0.142. The first-order valence-electron chi connectivity index (χ1n) is 10.9. The number of rotatable bonds is 5. The highest BCUT2D eigenvalue weighted by atomic mass is 16.5. The summed E-state index contributed by atoms with van der Waals surface area (Å²) in [6.45, 7) is 1.31. The molecule has 0 bridgehead atoms. The number of anilines is 2. The molecule has 10 heteroatoms. The molecule has 1 aliphatic rings. The number of pyridine rings is 2. The zero-order chi connectivity index (χ0) is 22.5. The van der Waals surface area contributed by atoms with Crippen molar-refractivity contribution in [3.8, 4) is 17.1 Å². The minimum Gasteiger partial charge on any atom is -0.487 e. The van der Waals surface area contributed by atoms with Crippen molar-refractivity contribution in [1.29, 1.82) is 0 Å². The number of fused-ring (bicyclic) bond motifs is 2. The van der Waals surface area contributed by atoms with E-state index in [4.69, 9.17) is 19.4 Å². The van der Waals surface area contributed by atoms with Gasteiger partial charge in [0.1, 0.15) is 34.8 Å². The van der Waals surface area contributed by atoms with Crippen LogP contribution in [0.15, 0.2) is 42.7 Å². The van der Waals surface area contributed by atoms with Crippen LogP contribution >= 0.6 is 0 Å². The van der Waals surface area contributed by atoms with Crippen LogP contribution in [0, 0.1) is 0 Å². The number of nitrogens with one attached hydrogen (secondary N) is 1. The van der Waals surface area contributed by atoms with Crippen molar-refractivity contribution >= 4 is 33.7 Å². The van der Waals surface area contributed by atoms with Gasteiger partial charge in [0, 0.05) is 51.3 Å². The van der Waals surface area contributed by atoms with E-state index in [0.29, 0.717) is 12.4 Å². The molecule has 0 amide bonds. The summed E-state index contributed by atoms with van der Waals surface area (Å²) >= 11 is 0. The fourth-order valence-corrected chi connectivity index (χ4v) is 4.15. The van der Waals surface area contributed by atoms with E-state index in [0.717, 1.165) is 58.0 Å². The number of hydrogen-bond donors (Lipinski definition) is 1. The van der Waals surface area contributed by atoms with Crippen LogP contribution in [0.25, 0.3) is 33.5 Å². The minimum atomic E-state index is 0.0328. The third-order valence-electron chi connectivity index (χ3n) is 5.96. The lowest BCUT2D eigenvalue weighted by Crippen LogP contribution is -2.16. The van der Waals surface area contributed by atoms with Crippen molar-refractivity contribution in [2.24, 2.45) is 21.1 Å².